The van der Waals surface area contributed by atoms with Gasteiger partial charge in [0, 0.05) is 6.42 Å². The van der Waals surface area contributed by atoms with E-state index in [1.54, 1.807) is 13.8 Å². The van der Waals surface area contributed by atoms with E-state index >= 15 is 0 Å². The van der Waals surface area contributed by atoms with Crippen LogP contribution in [0.3, 0.4) is 0 Å². The maximum atomic E-state index is 12.5. The van der Waals surface area contributed by atoms with Crippen LogP contribution in [0.4, 0.5) is 0 Å². The van der Waals surface area contributed by atoms with Gasteiger partial charge < -0.3 is 13.8 Å². The number of benzene rings is 1. The zero-order valence-electron chi connectivity index (χ0n) is 15.4. The molecule has 0 aromatic heterocycles. The van der Waals surface area contributed by atoms with E-state index in [0.29, 0.717) is 19.3 Å². The minimum absolute atomic E-state index is 0.00217. The average Bonchev–Trinajstić information content (AvgIpc) is 2.95. The van der Waals surface area contributed by atoms with Crippen LogP contribution in [0.5, 0.6) is 0 Å². The van der Waals surface area contributed by atoms with Gasteiger partial charge in [-0.15, -0.1) is 0 Å². The summed E-state index contributed by atoms with van der Waals surface area (Å²) in [6.45, 7) is 3.73. The quantitative estimate of drug-likeness (QED) is 0.453. The first-order valence-corrected chi connectivity index (χ1v) is 10.8. The Morgan fingerprint density at radius 3 is 2.35 bits per heavy atom. The third-order valence-corrected chi connectivity index (χ3v) is 6.47. The highest BCUT2D eigenvalue weighted by Gasteiger charge is 2.43. The molecule has 7 heteroatoms. The van der Waals surface area contributed by atoms with E-state index in [2.05, 4.69) is 0 Å². The first-order chi connectivity index (χ1) is 12.4. The van der Waals surface area contributed by atoms with Crippen LogP contribution in [0.25, 0.3) is 0 Å². The van der Waals surface area contributed by atoms with Gasteiger partial charge in [-0.2, -0.15) is 0 Å². The van der Waals surface area contributed by atoms with Crippen LogP contribution in [0.2, 0.25) is 0 Å². The molecule has 26 heavy (non-hydrogen) atoms. The van der Waals surface area contributed by atoms with E-state index in [0.717, 1.165) is 12.0 Å². The maximum absolute atomic E-state index is 12.5. The number of hydrogen-bond donors (Lipinski definition) is 0. The predicted octanol–water partition coefficient (Wildman–Crippen LogP) is 3.78. The summed E-state index contributed by atoms with van der Waals surface area (Å²) in [5.41, 5.74) is 0.339. The van der Waals surface area contributed by atoms with Crippen LogP contribution in [0.1, 0.15) is 38.7 Å². The first kappa shape index (κ1) is 20.8. The highest BCUT2D eigenvalue weighted by atomic mass is 31.2. The van der Waals surface area contributed by atoms with Crippen molar-refractivity contribution in [3.05, 3.63) is 35.9 Å². The standard InChI is InChI=1S/C19H27O6P/c1-3-24-26(22,25-4-2)14-18(21)23-15-19(12-8-11-17(19)20)13-16-9-6-5-7-10-16/h5-7,9-10H,3-4,8,11-15H2,1-2H3/t19-/m1/s1. The molecular weight excluding hydrogens is 355 g/mol. The summed E-state index contributed by atoms with van der Waals surface area (Å²) in [5, 5.41) is 0. The number of hydrogen-bond acceptors (Lipinski definition) is 6. The van der Waals surface area contributed by atoms with Crippen LogP contribution >= 0.6 is 7.60 Å². The number of esters is 1. The number of rotatable bonds is 10. The van der Waals surface area contributed by atoms with Gasteiger partial charge >= 0.3 is 13.6 Å². The van der Waals surface area contributed by atoms with Crippen LogP contribution in [0.15, 0.2) is 30.3 Å². The van der Waals surface area contributed by atoms with Gasteiger partial charge in [-0.05, 0) is 38.7 Å². The van der Waals surface area contributed by atoms with Crippen molar-refractivity contribution in [2.75, 3.05) is 26.0 Å². The lowest BCUT2D eigenvalue weighted by Gasteiger charge is -2.27. The highest BCUT2D eigenvalue weighted by molar-refractivity contribution is 7.54. The molecule has 0 N–H and O–H groups in total. The molecule has 6 nitrogen and oxygen atoms in total. The molecule has 1 saturated carbocycles. The third kappa shape index (κ3) is 5.50. The van der Waals surface area contributed by atoms with E-state index in [1.807, 2.05) is 30.3 Å². The molecule has 0 radical (unpaired) electrons. The molecule has 1 aromatic rings. The molecule has 1 atom stereocenters. The molecule has 2 rings (SSSR count). The summed E-state index contributed by atoms with van der Waals surface area (Å²) in [7, 11) is -3.50. The van der Waals surface area contributed by atoms with Crippen molar-refractivity contribution < 1.29 is 27.9 Å². The number of carbonyl (C=O) groups is 2. The van der Waals surface area contributed by atoms with Crippen molar-refractivity contribution in [1.29, 1.82) is 0 Å². The van der Waals surface area contributed by atoms with Crippen LogP contribution in [0, 0.1) is 5.41 Å². The lowest BCUT2D eigenvalue weighted by atomic mass is 9.80. The van der Waals surface area contributed by atoms with Crippen molar-refractivity contribution in [1.82, 2.24) is 0 Å². The Hall–Kier alpha value is -1.49. The van der Waals surface area contributed by atoms with Crippen molar-refractivity contribution >= 4 is 19.3 Å². The van der Waals surface area contributed by atoms with Gasteiger partial charge in [-0.3, -0.25) is 14.2 Å². The Morgan fingerprint density at radius 2 is 1.81 bits per heavy atom. The van der Waals surface area contributed by atoms with Gasteiger partial charge in [-0.1, -0.05) is 30.3 Å². The van der Waals surface area contributed by atoms with Crippen molar-refractivity contribution in [2.24, 2.45) is 5.41 Å². The van der Waals surface area contributed by atoms with Crippen molar-refractivity contribution in [3.63, 3.8) is 0 Å². The molecule has 0 amide bonds. The second kappa shape index (κ2) is 9.45. The molecule has 144 valence electrons. The van der Waals surface area contributed by atoms with Crippen LogP contribution in [-0.4, -0.2) is 37.7 Å². The zero-order chi connectivity index (χ0) is 19.0. The van der Waals surface area contributed by atoms with E-state index in [-0.39, 0.29) is 25.6 Å². The Balaban J connectivity index is 2.02. The summed E-state index contributed by atoms with van der Waals surface area (Å²) in [6, 6.07) is 9.70. The van der Waals surface area contributed by atoms with Crippen LogP contribution in [-0.2, 0) is 34.4 Å². The normalized spacial score (nSPS) is 20.3. The molecule has 0 unspecified atom stereocenters. The van der Waals surface area contributed by atoms with Gasteiger partial charge in [0.15, 0.2) is 0 Å². The summed E-state index contributed by atoms with van der Waals surface area (Å²) in [6.07, 6.45) is 2.07. The summed E-state index contributed by atoms with van der Waals surface area (Å²) in [5.74, 6) is -0.547. The molecule has 0 bridgehead atoms. The second-order valence-electron chi connectivity index (χ2n) is 6.48. The molecular formula is C19H27O6P. The lowest BCUT2D eigenvalue weighted by Crippen LogP contribution is -2.35. The van der Waals surface area contributed by atoms with Crippen molar-refractivity contribution in [3.8, 4) is 0 Å². The molecule has 0 aliphatic heterocycles. The number of Topliss-reactive ketones (excluding diaryl/α,β-unsaturated/α-hetero) is 1. The van der Waals surface area contributed by atoms with Gasteiger partial charge in [0.05, 0.1) is 18.6 Å². The van der Waals surface area contributed by atoms with Gasteiger partial charge in [0.1, 0.15) is 18.6 Å². The second-order valence-corrected chi connectivity index (χ2v) is 8.54. The molecule has 1 aliphatic carbocycles. The van der Waals surface area contributed by atoms with Gasteiger partial charge in [0.2, 0.25) is 0 Å². The van der Waals surface area contributed by atoms with E-state index < -0.39 is 25.1 Å². The zero-order valence-corrected chi connectivity index (χ0v) is 16.3. The largest absolute Gasteiger partial charge is 0.464 e. The number of ether oxygens (including phenoxy) is 1. The molecule has 0 spiro atoms. The molecule has 0 heterocycles. The van der Waals surface area contributed by atoms with E-state index in [4.69, 9.17) is 13.8 Å². The SMILES string of the molecule is CCOP(=O)(CC(=O)OC[C@]1(Cc2ccccc2)CCCC1=O)OCC. The highest BCUT2D eigenvalue weighted by Crippen LogP contribution is 2.48. The minimum Gasteiger partial charge on any atom is -0.464 e. The fraction of sp³-hybridized carbons (Fsp3) is 0.579. The Kier molecular flexibility index (Phi) is 7.56. The maximum Gasteiger partial charge on any atom is 0.341 e. The fourth-order valence-electron chi connectivity index (χ4n) is 3.31. The Morgan fingerprint density at radius 1 is 1.15 bits per heavy atom. The molecule has 1 fully saturated rings. The van der Waals surface area contributed by atoms with E-state index in [9.17, 15) is 14.2 Å². The Labute approximate surface area is 154 Å². The summed E-state index contributed by atoms with van der Waals surface area (Å²) < 4.78 is 28.1. The lowest BCUT2D eigenvalue weighted by molar-refractivity contribution is -0.146. The van der Waals surface area contributed by atoms with Gasteiger partial charge in [-0.25, -0.2) is 0 Å². The third-order valence-electron chi connectivity index (χ3n) is 4.52. The Bertz CT molecular complexity index is 649. The van der Waals surface area contributed by atoms with Crippen LogP contribution < -0.4 is 0 Å². The summed E-state index contributed by atoms with van der Waals surface area (Å²) in [4.78, 5) is 24.7. The van der Waals surface area contributed by atoms with E-state index in [1.165, 1.54) is 0 Å². The summed E-state index contributed by atoms with van der Waals surface area (Å²) >= 11 is 0. The molecule has 1 aromatic carbocycles. The number of ketones is 1. The fourth-order valence-corrected chi connectivity index (χ4v) is 4.76. The molecule has 0 saturated heterocycles. The molecule has 1 aliphatic rings. The first-order valence-electron chi connectivity index (χ1n) is 9.04. The van der Waals surface area contributed by atoms with Crippen molar-refractivity contribution in [2.45, 2.75) is 39.5 Å². The monoisotopic (exact) mass is 382 g/mol. The minimum atomic E-state index is -3.50. The average molecular weight is 382 g/mol. The topological polar surface area (TPSA) is 78.9 Å². The predicted molar refractivity (Wildman–Crippen MR) is 98.1 cm³/mol. The van der Waals surface area contributed by atoms with Gasteiger partial charge in [0.25, 0.3) is 0 Å². The smallest absolute Gasteiger partial charge is 0.341 e. The number of carbonyl (C=O) groups excluding carboxylic acids is 2.